The number of fused-ring (bicyclic) bond motifs is 6. The number of carbonyl (C=O) groups is 4. The van der Waals surface area contributed by atoms with Crippen molar-refractivity contribution < 1.29 is 62.2 Å². The molecule has 2 aliphatic carbocycles. The quantitative estimate of drug-likeness (QED) is 0.107. The van der Waals surface area contributed by atoms with E-state index in [0.717, 1.165) is 36.8 Å². The molecule has 274 valence electrons. The molecule has 0 aromatic heterocycles. The van der Waals surface area contributed by atoms with Gasteiger partial charge in [-0.25, -0.2) is 19.2 Å². The Balaban J connectivity index is 0.849. The number of ether oxygens (including phenoxy) is 8. The second-order valence-corrected chi connectivity index (χ2v) is 14.6. The molecule has 0 radical (unpaired) electrons. The van der Waals surface area contributed by atoms with E-state index in [9.17, 15) is 24.3 Å². The number of aliphatic hydroxyl groups is 1. The highest BCUT2D eigenvalue weighted by atomic mass is 16.7. The standard InChI is InChI=1S/C37H48O13/c1-21-26-11-9-23(7-5-15-36(3)30(49-36)28(26)47-32(21)39)19-45-34(41)43-17-13-25(38)14-18-44-35(42)46-20-24-8-6-16-37(4)31(50-37)29-27(12-10-24)22(2)33(40)48-29/h7-8,25-31,38H,1-2,5-6,9-20H2,3-4H3/b23-7+,24-8+/t26-,27-,28-,29-,30-,31-,36+,37+/m0/s1. The Morgan fingerprint density at radius 2 is 1.20 bits per heavy atom. The van der Waals surface area contributed by atoms with Gasteiger partial charge in [0.2, 0.25) is 0 Å². The summed E-state index contributed by atoms with van der Waals surface area (Å²) in [5, 5.41) is 10.3. The van der Waals surface area contributed by atoms with Gasteiger partial charge < -0.3 is 43.0 Å². The van der Waals surface area contributed by atoms with Crippen molar-refractivity contribution in [3.05, 3.63) is 47.6 Å². The predicted octanol–water partition coefficient (Wildman–Crippen LogP) is 4.95. The average Bonchev–Trinajstić information content (AvgIpc) is 3.89. The van der Waals surface area contributed by atoms with Crippen molar-refractivity contribution >= 4 is 24.2 Å². The molecular weight excluding hydrogens is 652 g/mol. The molecule has 4 saturated heterocycles. The summed E-state index contributed by atoms with van der Waals surface area (Å²) < 4.78 is 43.9. The summed E-state index contributed by atoms with van der Waals surface area (Å²) in [6.45, 7) is 11.8. The summed E-state index contributed by atoms with van der Waals surface area (Å²) in [4.78, 5) is 48.9. The van der Waals surface area contributed by atoms with Gasteiger partial charge in [0.1, 0.15) is 37.6 Å². The Bertz CT molecular complexity index is 1340. The molecule has 4 fully saturated rings. The van der Waals surface area contributed by atoms with E-state index < -0.39 is 18.4 Å². The van der Waals surface area contributed by atoms with Gasteiger partial charge in [-0.05, 0) is 76.4 Å². The topological polar surface area (TPSA) is 169 Å². The lowest BCUT2D eigenvalue weighted by molar-refractivity contribution is -0.140. The van der Waals surface area contributed by atoms with Crippen molar-refractivity contribution in [3.8, 4) is 0 Å². The molecule has 4 heterocycles. The van der Waals surface area contributed by atoms with E-state index in [1.807, 2.05) is 26.0 Å². The Labute approximate surface area is 291 Å². The van der Waals surface area contributed by atoms with E-state index in [-0.39, 0.29) is 98.7 Å². The Hall–Kier alpha value is -3.68. The number of epoxide rings is 2. The summed E-state index contributed by atoms with van der Waals surface area (Å²) >= 11 is 0. The lowest BCUT2D eigenvalue weighted by Crippen LogP contribution is -2.29. The minimum Gasteiger partial charge on any atom is -0.455 e. The molecular formula is C37H48O13. The third-order valence-electron chi connectivity index (χ3n) is 11.0. The summed E-state index contributed by atoms with van der Waals surface area (Å²) in [6, 6.07) is 0. The first-order valence-electron chi connectivity index (χ1n) is 17.6. The number of hydrogen-bond acceptors (Lipinski definition) is 13. The highest BCUT2D eigenvalue weighted by Gasteiger charge is 2.62. The molecule has 8 atom stereocenters. The van der Waals surface area contributed by atoms with Gasteiger partial charge >= 0.3 is 24.2 Å². The number of aliphatic hydroxyl groups excluding tert-OH is 1. The number of esters is 2. The maximum absolute atomic E-state index is 12.3. The zero-order valence-corrected chi connectivity index (χ0v) is 28.9. The van der Waals surface area contributed by atoms with Gasteiger partial charge in [-0.2, -0.15) is 0 Å². The van der Waals surface area contributed by atoms with Crippen LogP contribution in [0.5, 0.6) is 0 Å². The molecule has 0 aromatic carbocycles. The van der Waals surface area contributed by atoms with Crippen LogP contribution in [0.25, 0.3) is 0 Å². The maximum atomic E-state index is 12.3. The third-order valence-corrected chi connectivity index (χ3v) is 11.0. The number of hydrogen-bond donors (Lipinski definition) is 1. The molecule has 50 heavy (non-hydrogen) atoms. The molecule has 0 unspecified atom stereocenters. The molecule has 0 bridgehead atoms. The SMILES string of the molecule is C=C1C(=O)O[C@H]2[C@H]1CC/C(COC(=O)OCCC(O)CCOC(=O)OC/C1=C/CC[C@@]3(C)O[C@H]3[C@H]3OC(=O)C(=C)[C@@H]3CC1)=C\CC[C@@]1(C)O[C@@H]21. The molecule has 0 spiro atoms. The van der Waals surface area contributed by atoms with Crippen molar-refractivity contribution in [2.24, 2.45) is 11.8 Å². The van der Waals surface area contributed by atoms with Crippen LogP contribution >= 0.6 is 0 Å². The Morgan fingerprint density at radius 1 is 0.780 bits per heavy atom. The summed E-state index contributed by atoms with van der Waals surface area (Å²) in [5.74, 6) is -1.06. The Morgan fingerprint density at radius 3 is 1.62 bits per heavy atom. The highest BCUT2D eigenvalue weighted by Crippen LogP contribution is 2.51. The van der Waals surface area contributed by atoms with Crippen molar-refractivity contribution in [1.29, 1.82) is 0 Å². The van der Waals surface area contributed by atoms with Crippen molar-refractivity contribution in [3.63, 3.8) is 0 Å². The van der Waals surface area contributed by atoms with Gasteiger partial charge in [0.25, 0.3) is 0 Å². The lowest BCUT2D eigenvalue weighted by atomic mass is 9.84. The van der Waals surface area contributed by atoms with E-state index in [1.54, 1.807) is 0 Å². The highest BCUT2D eigenvalue weighted by molar-refractivity contribution is 5.91. The first-order chi connectivity index (χ1) is 23.9. The van der Waals surface area contributed by atoms with Gasteiger partial charge in [0.15, 0.2) is 0 Å². The van der Waals surface area contributed by atoms with Crippen LogP contribution < -0.4 is 0 Å². The Kier molecular flexibility index (Phi) is 10.8. The van der Waals surface area contributed by atoms with E-state index in [2.05, 4.69) is 13.2 Å². The van der Waals surface area contributed by atoms with E-state index in [4.69, 9.17) is 37.9 Å². The minimum atomic E-state index is -0.878. The summed E-state index contributed by atoms with van der Waals surface area (Å²) in [5.41, 5.74) is 2.03. The lowest BCUT2D eigenvalue weighted by Gasteiger charge is -2.20. The molecule has 0 aromatic rings. The second kappa shape index (κ2) is 14.9. The van der Waals surface area contributed by atoms with Crippen LogP contribution in [0, 0.1) is 11.8 Å². The summed E-state index contributed by atoms with van der Waals surface area (Å²) in [7, 11) is 0. The predicted molar refractivity (Wildman–Crippen MR) is 175 cm³/mol. The fraction of sp³-hybridized carbons (Fsp3) is 0.676. The fourth-order valence-corrected chi connectivity index (χ4v) is 7.59. The van der Waals surface area contributed by atoms with Crippen LogP contribution in [0.1, 0.15) is 78.1 Å². The average molecular weight is 701 g/mol. The molecule has 6 aliphatic rings. The van der Waals surface area contributed by atoms with Crippen molar-refractivity contribution in [1.82, 2.24) is 0 Å². The zero-order valence-electron chi connectivity index (χ0n) is 28.9. The van der Waals surface area contributed by atoms with E-state index in [0.29, 0.717) is 36.8 Å². The van der Waals surface area contributed by atoms with E-state index in [1.165, 1.54) is 0 Å². The van der Waals surface area contributed by atoms with Gasteiger partial charge in [-0.3, -0.25) is 0 Å². The number of carbonyl (C=O) groups excluding carboxylic acids is 4. The molecule has 6 rings (SSSR count). The third kappa shape index (κ3) is 8.26. The fourth-order valence-electron chi connectivity index (χ4n) is 7.59. The first kappa shape index (κ1) is 36.1. The zero-order chi connectivity index (χ0) is 35.6. The van der Waals surface area contributed by atoms with Crippen LogP contribution in [-0.2, 0) is 47.5 Å². The van der Waals surface area contributed by atoms with Crippen LogP contribution in [0.3, 0.4) is 0 Å². The number of allylic oxidation sites excluding steroid dienone is 2. The summed E-state index contributed by atoms with van der Waals surface area (Å²) in [6.07, 6.45) is 6.28. The maximum Gasteiger partial charge on any atom is 0.508 e. The smallest absolute Gasteiger partial charge is 0.455 e. The van der Waals surface area contributed by atoms with Crippen LogP contribution in [0.4, 0.5) is 9.59 Å². The molecule has 13 heteroatoms. The van der Waals surface area contributed by atoms with E-state index >= 15 is 0 Å². The second-order valence-electron chi connectivity index (χ2n) is 14.6. The van der Waals surface area contributed by atoms with Crippen LogP contribution in [0.15, 0.2) is 47.6 Å². The van der Waals surface area contributed by atoms with Crippen LogP contribution in [-0.4, -0.2) is 97.5 Å². The normalized spacial score (nSPS) is 37.4. The molecule has 13 nitrogen and oxygen atoms in total. The molecule has 0 amide bonds. The van der Waals surface area contributed by atoms with Gasteiger partial charge in [-0.15, -0.1) is 0 Å². The van der Waals surface area contributed by atoms with Crippen molar-refractivity contribution in [2.45, 2.75) is 120 Å². The monoisotopic (exact) mass is 700 g/mol. The molecule has 0 saturated carbocycles. The number of rotatable bonds is 10. The first-order valence-corrected chi connectivity index (χ1v) is 17.6. The van der Waals surface area contributed by atoms with Gasteiger partial charge in [-0.1, -0.05) is 25.3 Å². The molecule has 1 N–H and O–H groups in total. The largest absolute Gasteiger partial charge is 0.508 e. The van der Waals surface area contributed by atoms with Crippen molar-refractivity contribution in [2.75, 3.05) is 26.4 Å². The van der Waals surface area contributed by atoms with Gasteiger partial charge in [0.05, 0.1) is 30.5 Å². The van der Waals surface area contributed by atoms with Gasteiger partial charge in [0, 0.05) is 35.8 Å². The minimum absolute atomic E-state index is 0.0483. The van der Waals surface area contributed by atoms with Crippen LogP contribution in [0.2, 0.25) is 0 Å². The molecule has 4 aliphatic heterocycles.